The molecule has 1 atom stereocenters. The predicted molar refractivity (Wildman–Crippen MR) is 59.7 cm³/mol. The monoisotopic (exact) mass is 211 g/mol. The maximum atomic E-state index is 4.29. The van der Waals surface area contributed by atoms with Crippen molar-refractivity contribution in [2.45, 2.75) is 18.9 Å². The Hall–Kier alpha value is -0.450. The maximum absolute atomic E-state index is 4.29. The molecule has 0 radical (unpaired) electrons. The smallest absolute Gasteiger partial charge is 0.0794 e. The maximum Gasteiger partial charge on any atom is 0.0794 e. The molecule has 0 bridgehead atoms. The standard InChI is InChI=1S/C10H17N3S/c1-11-9-2-4-13(6-9)5-3-10-7-14-8-12-10/h7-9,11H,2-6H2,1H3. The molecule has 1 aromatic rings. The molecule has 1 aliphatic heterocycles. The highest BCUT2D eigenvalue weighted by molar-refractivity contribution is 7.07. The van der Waals surface area contributed by atoms with Crippen LogP contribution in [0.4, 0.5) is 0 Å². The number of hydrogen-bond donors (Lipinski definition) is 1. The molecule has 2 heterocycles. The van der Waals surface area contributed by atoms with Crippen LogP contribution in [-0.2, 0) is 6.42 Å². The number of hydrogen-bond acceptors (Lipinski definition) is 4. The summed E-state index contributed by atoms with van der Waals surface area (Å²) in [6, 6.07) is 0.699. The van der Waals surface area contributed by atoms with Crippen LogP contribution in [0.25, 0.3) is 0 Å². The lowest BCUT2D eigenvalue weighted by Gasteiger charge is -2.14. The summed E-state index contributed by atoms with van der Waals surface area (Å²) in [5.41, 5.74) is 3.15. The minimum atomic E-state index is 0.699. The van der Waals surface area contributed by atoms with Crippen molar-refractivity contribution in [3.05, 3.63) is 16.6 Å². The van der Waals surface area contributed by atoms with Crippen molar-refractivity contribution >= 4 is 11.3 Å². The van der Waals surface area contributed by atoms with Gasteiger partial charge in [-0.05, 0) is 20.0 Å². The first kappa shape index (κ1) is 10.1. The van der Waals surface area contributed by atoms with E-state index in [4.69, 9.17) is 0 Å². The minimum absolute atomic E-state index is 0.699. The first-order valence-electron chi connectivity index (χ1n) is 5.15. The molecule has 1 N–H and O–H groups in total. The van der Waals surface area contributed by atoms with Crippen molar-refractivity contribution in [3.8, 4) is 0 Å². The highest BCUT2D eigenvalue weighted by atomic mass is 32.1. The fraction of sp³-hybridized carbons (Fsp3) is 0.700. The quantitative estimate of drug-likeness (QED) is 0.804. The van der Waals surface area contributed by atoms with E-state index < -0.39 is 0 Å². The van der Waals surface area contributed by atoms with Gasteiger partial charge in [0, 0.05) is 30.9 Å². The zero-order chi connectivity index (χ0) is 9.80. The molecule has 1 unspecified atom stereocenters. The minimum Gasteiger partial charge on any atom is -0.316 e. The van der Waals surface area contributed by atoms with Crippen LogP contribution in [0.15, 0.2) is 10.9 Å². The SMILES string of the molecule is CNC1CCN(CCc2cscn2)C1. The van der Waals surface area contributed by atoms with E-state index in [0.29, 0.717) is 6.04 Å². The summed E-state index contributed by atoms with van der Waals surface area (Å²) < 4.78 is 0. The number of thiazole rings is 1. The van der Waals surface area contributed by atoms with Crippen LogP contribution in [0.3, 0.4) is 0 Å². The Balaban J connectivity index is 1.72. The van der Waals surface area contributed by atoms with E-state index in [2.05, 4.69) is 27.6 Å². The summed E-state index contributed by atoms with van der Waals surface area (Å²) in [6.07, 6.45) is 2.38. The Bertz CT molecular complexity index is 260. The number of aromatic nitrogens is 1. The summed E-state index contributed by atoms with van der Waals surface area (Å²) in [5.74, 6) is 0. The Kier molecular flexibility index (Phi) is 3.50. The van der Waals surface area contributed by atoms with Gasteiger partial charge in [0.1, 0.15) is 0 Å². The topological polar surface area (TPSA) is 28.2 Å². The second kappa shape index (κ2) is 4.87. The highest BCUT2D eigenvalue weighted by Crippen LogP contribution is 2.10. The average Bonchev–Trinajstić information content (AvgIpc) is 2.86. The van der Waals surface area contributed by atoms with Gasteiger partial charge in [0.15, 0.2) is 0 Å². The van der Waals surface area contributed by atoms with Gasteiger partial charge in [0.05, 0.1) is 11.2 Å². The van der Waals surface area contributed by atoms with E-state index in [9.17, 15) is 0 Å². The zero-order valence-corrected chi connectivity index (χ0v) is 9.39. The fourth-order valence-corrected chi connectivity index (χ4v) is 2.50. The Morgan fingerprint density at radius 3 is 3.29 bits per heavy atom. The molecule has 14 heavy (non-hydrogen) atoms. The van der Waals surface area contributed by atoms with Crippen molar-refractivity contribution in [1.82, 2.24) is 15.2 Å². The van der Waals surface area contributed by atoms with Gasteiger partial charge in [-0.3, -0.25) is 0 Å². The summed E-state index contributed by atoms with van der Waals surface area (Å²) in [4.78, 5) is 6.81. The third kappa shape index (κ3) is 2.53. The molecule has 2 rings (SSSR count). The number of likely N-dealkylation sites (tertiary alicyclic amines) is 1. The molecule has 1 saturated heterocycles. The first-order valence-corrected chi connectivity index (χ1v) is 6.09. The van der Waals surface area contributed by atoms with E-state index in [-0.39, 0.29) is 0 Å². The Morgan fingerprint density at radius 1 is 1.71 bits per heavy atom. The molecule has 0 aromatic carbocycles. The molecule has 1 aromatic heterocycles. The second-order valence-electron chi connectivity index (χ2n) is 3.80. The van der Waals surface area contributed by atoms with Crippen LogP contribution < -0.4 is 5.32 Å². The third-order valence-corrected chi connectivity index (χ3v) is 3.48. The molecule has 3 nitrogen and oxygen atoms in total. The van der Waals surface area contributed by atoms with Crippen LogP contribution in [0, 0.1) is 0 Å². The second-order valence-corrected chi connectivity index (χ2v) is 4.52. The molecule has 4 heteroatoms. The third-order valence-electron chi connectivity index (χ3n) is 2.85. The summed E-state index contributed by atoms with van der Waals surface area (Å²) in [5, 5.41) is 5.48. The van der Waals surface area contributed by atoms with Crippen LogP contribution in [-0.4, -0.2) is 42.6 Å². The number of likely N-dealkylation sites (N-methyl/N-ethyl adjacent to an activating group) is 1. The van der Waals surface area contributed by atoms with Gasteiger partial charge in [-0.25, -0.2) is 4.98 Å². The number of nitrogens with zero attached hydrogens (tertiary/aromatic N) is 2. The Labute approximate surface area is 89.1 Å². The van der Waals surface area contributed by atoms with Gasteiger partial charge in [-0.1, -0.05) is 0 Å². The normalized spacial score (nSPS) is 23.1. The van der Waals surface area contributed by atoms with Crippen molar-refractivity contribution < 1.29 is 0 Å². The summed E-state index contributed by atoms with van der Waals surface area (Å²) >= 11 is 1.69. The van der Waals surface area contributed by atoms with Gasteiger partial charge < -0.3 is 10.2 Å². The van der Waals surface area contributed by atoms with E-state index in [1.165, 1.54) is 25.2 Å². The summed E-state index contributed by atoms with van der Waals surface area (Å²) in [7, 11) is 2.05. The van der Waals surface area contributed by atoms with Crippen molar-refractivity contribution in [2.75, 3.05) is 26.7 Å². The van der Waals surface area contributed by atoms with Crippen LogP contribution >= 0.6 is 11.3 Å². The lowest BCUT2D eigenvalue weighted by Crippen LogP contribution is -2.30. The van der Waals surface area contributed by atoms with E-state index in [0.717, 1.165) is 13.0 Å². The Morgan fingerprint density at radius 2 is 2.64 bits per heavy atom. The molecule has 0 aliphatic carbocycles. The largest absolute Gasteiger partial charge is 0.316 e. The molecule has 1 aliphatic rings. The van der Waals surface area contributed by atoms with Gasteiger partial charge in [0.25, 0.3) is 0 Å². The van der Waals surface area contributed by atoms with Crippen LogP contribution in [0.1, 0.15) is 12.1 Å². The first-order chi connectivity index (χ1) is 6.88. The van der Waals surface area contributed by atoms with Crippen molar-refractivity contribution in [2.24, 2.45) is 0 Å². The number of rotatable bonds is 4. The van der Waals surface area contributed by atoms with E-state index >= 15 is 0 Å². The lowest BCUT2D eigenvalue weighted by atomic mass is 10.3. The molecular weight excluding hydrogens is 194 g/mol. The van der Waals surface area contributed by atoms with E-state index in [1.54, 1.807) is 11.3 Å². The fourth-order valence-electron chi connectivity index (χ4n) is 1.91. The molecule has 1 fully saturated rings. The van der Waals surface area contributed by atoms with Gasteiger partial charge in [-0.15, -0.1) is 11.3 Å². The van der Waals surface area contributed by atoms with Crippen molar-refractivity contribution in [3.63, 3.8) is 0 Å². The molecule has 78 valence electrons. The van der Waals surface area contributed by atoms with Crippen LogP contribution in [0.2, 0.25) is 0 Å². The van der Waals surface area contributed by atoms with Gasteiger partial charge in [0.2, 0.25) is 0 Å². The number of nitrogens with one attached hydrogen (secondary N) is 1. The van der Waals surface area contributed by atoms with Crippen LogP contribution in [0.5, 0.6) is 0 Å². The molecular formula is C10H17N3S. The van der Waals surface area contributed by atoms with Gasteiger partial charge in [-0.2, -0.15) is 0 Å². The van der Waals surface area contributed by atoms with E-state index in [1.807, 2.05) is 5.51 Å². The molecule has 0 amide bonds. The highest BCUT2D eigenvalue weighted by Gasteiger charge is 2.20. The zero-order valence-electron chi connectivity index (χ0n) is 8.57. The van der Waals surface area contributed by atoms with Crippen molar-refractivity contribution in [1.29, 1.82) is 0 Å². The van der Waals surface area contributed by atoms with Gasteiger partial charge >= 0.3 is 0 Å². The molecule has 0 spiro atoms. The average molecular weight is 211 g/mol. The lowest BCUT2D eigenvalue weighted by molar-refractivity contribution is 0.333. The summed E-state index contributed by atoms with van der Waals surface area (Å²) in [6.45, 7) is 3.58. The molecule has 0 saturated carbocycles. The predicted octanol–water partition coefficient (Wildman–Crippen LogP) is 0.979.